The van der Waals surface area contributed by atoms with Crippen LogP contribution in [0.25, 0.3) is 11.3 Å². The van der Waals surface area contributed by atoms with E-state index in [4.69, 9.17) is 0 Å². The molecule has 2 rings (SSSR count). The Balaban J connectivity index is 2.53. The van der Waals surface area contributed by atoms with Gasteiger partial charge in [0.2, 0.25) is 0 Å². The summed E-state index contributed by atoms with van der Waals surface area (Å²) in [6.45, 7) is 1.98. The maximum absolute atomic E-state index is 4.25. The van der Waals surface area contributed by atoms with Crippen molar-refractivity contribution >= 4 is 15.9 Å². The van der Waals surface area contributed by atoms with E-state index in [1.54, 1.807) is 0 Å². The lowest BCUT2D eigenvalue weighted by Gasteiger charge is -2.00. The van der Waals surface area contributed by atoms with Crippen LogP contribution < -0.4 is 0 Å². The largest absolute Gasteiger partial charge is 0.361 e. The third kappa shape index (κ3) is 1.80. The SMILES string of the molecule is Cc1cc(-c2ccc[nH]2)cc(Br)n1. The van der Waals surface area contributed by atoms with Gasteiger partial charge in [-0.15, -0.1) is 0 Å². The number of nitrogens with zero attached hydrogens (tertiary/aromatic N) is 1. The third-order valence-corrected chi connectivity index (χ3v) is 2.24. The average molecular weight is 237 g/mol. The fourth-order valence-corrected chi connectivity index (χ4v) is 1.82. The summed E-state index contributed by atoms with van der Waals surface area (Å²) in [5, 5.41) is 0. The van der Waals surface area contributed by atoms with Crippen LogP contribution in [0, 0.1) is 6.92 Å². The Morgan fingerprint density at radius 2 is 2.23 bits per heavy atom. The number of aromatic amines is 1. The minimum absolute atomic E-state index is 0.872. The van der Waals surface area contributed by atoms with Crippen molar-refractivity contribution in [2.75, 3.05) is 0 Å². The minimum Gasteiger partial charge on any atom is -0.361 e. The molecule has 1 N–H and O–H groups in total. The molecule has 0 aromatic carbocycles. The van der Waals surface area contributed by atoms with Crippen LogP contribution in [0.15, 0.2) is 35.1 Å². The van der Waals surface area contributed by atoms with Crippen molar-refractivity contribution in [3.63, 3.8) is 0 Å². The van der Waals surface area contributed by atoms with Crippen molar-refractivity contribution in [3.05, 3.63) is 40.8 Å². The standard InChI is InChI=1S/C10H9BrN2/c1-7-5-8(6-10(11)13-7)9-3-2-4-12-9/h2-6,12H,1H3. The summed E-state index contributed by atoms with van der Waals surface area (Å²) >= 11 is 3.37. The molecule has 13 heavy (non-hydrogen) atoms. The van der Waals surface area contributed by atoms with Crippen LogP contribution in [-0.4, -0.2) is 9.97 Å². The molecule has 0 unspecified atom stereocenters. The van der Waals surface area contributed by atoms with Crippen molar-refractivity contribution in [3.8, 4) is 11.3 Å². The van der Waals surface area contributed by atoms with Gasteiger partial charge in [0, 0.05) is 23.1 Å². The molecule has 0 atom stereocenters. The quantitative estimate of drug-likeness (QED) is 0.758. The van der Waals surface area contributed by atoms with Gasteiger partial charge >= 0.3 is 0 Å². The van der Waals surface area contributed by atoms with Gasteiger partial charge in [0.15, 0.2) is 0 Å². The van der Waals surface area contributed by atoms with Crippen LogP contribution >= 0.6 is 15.9 Å². The zero-order valence-electron chi connectivity index (χ0n) is 7.21. The molecule has 2 aromatic rings. The number of aryl methyl sites for hydroxylation is 1. The van der Waals surface area contributed by atoms with Crippen LogP contribution in [0.5, 0.6) is 0 Å². The molecule has 66 valence electrons. The van der Waals surface area contributed by atoms with Gasteiger partial charge in [0.1, 0.15) is 4.60 Å². The number of halogens is 1. The van der Waals surface area contributed by atoms with Crippen molar-refractivity contribution in [1.82, 2.24) is 9.97 Å². The van der Waals surface area contributed by atoms with E-state index in [9.17, 15) is 0 Å². The molecule has 0 spiro atoms. The second kappa shape index (κ2) is 3.34. The van der Waals surface area contributed by atoms with Crippen LogP contribution in [0.3, 0.4) is 0 Å². The zero-order valence-corrected chi connectivity index (χ0v) is 8.80. The summed E-state index contributed by atoms with van der Waals surface area (Å²) in [6, 6.07) is 8.08. The normalized spacial score (nSPS) is 10.3. The lowest BCUT2D eigenvalue weighted by Crippen LogP contribution is -1.84. The molecular weight excluding hydrogens is 228 g/mol. The van der Waals surface area contributed by atoms with Crippen LogP contribution in [-0.2, 0) is 0 Å². The maximum atomic E-state index is 4.25. The second-order valence-electron chi connectivity index (χ2n) is 2.90. The summed E-state index contributed by atoms with van der Waals surface area (Å²) in [7, 11) is 0. The first-order chi connectivity index (χ1) is 6.25. The van der Waals surface area contributed by atoms with Gasteiger partial charge in [-0.3, -0.25) is 0 Å². The molecule has 3 heteroatoms. The molecule has 0 saturated carbocycles. The molecule has 2 aromatic heterocycles. The van der Waals surface area contributed by atoms with Crippen molar-refractivity contribution in [2.24, 2.45) is 0 Å². The molecule has 0 aliphatic heterocycles. The van der Waals surface area contributed by atoms with E-state index in [2.05, 4.69) is 32.0 Å². The number of hydrogen-bond donors (Lipinski definition) is 1. The molecule has 0 aliphatic carbocycles. The molecule has 0 aliphatic rings. The lowest BCUT2D eigenvalue weighted by molar-refractivity contribution is 1.16. The Hall–Kier alpha value is -1.09. The summed E-state index contributed by atoms with van der Waals surface area (Å²) in [6.07, 6.45) is 1.92. The summed E-state index contributed by atoms with van der Waals surface area (Å²) in [5.41, 5.74) is 3.29. The number of pyridine rings is 1. The average Bonchev–Trinajstić information content (AvgIpc) is 2.53. The van der Waals surface area contributed by atoms with Gasteiger partial charge in [-0.1, -0.05) is 0 Å². The Kier molecular flexibility index (Phi) is 2.19. The molecule has 0 amide bonds. The number of nitrogens with one attached hydrogen (secondary N) is 1. The van der Waals surface area contributed by atoms with Crippen molar-refractivity contribution in [2.45, 2.75) is 6.92 Å². The van der Waals surface area contributed by atoms with E-state index in [0.29, 0.717) is 0 Å². The Labute approximate surface area is 85.1 Å². The number of hydrogen-bond acceptors (Lipinski definition) is 1. The summed E-state index contributed by atoms with van der Waals surface area (Å²) < 4.78 is 0.872. The fraction of sp³-hybridized carbons (Fsp3) is 0.100. The lowest BCUT2D eigenvalue weighted by atomic mass is 10.2. The van der Waals surface area contributed by atoms with Gasteiger partial charge < -0.3 is 4.98 Å². The van der Waals surface area contributed by atoms with Crippen LogP contribution in [0.2, 0.25) is 0 Å². The Morgan fingerprint density at radius 3 is 2.85 bits per heavy atom. The predicted molar refractivity (Wildman–Crippen MR) is 56.5 cm³/mol. The van der Waals surface area contributed by atoms with Crippen LogP contribution in [0.1, 0.15) is 5.69 Å². The monoisotopic (exact) mass is 236 g/mol. The first kappa shape index (κ1) is 8.51. The number of aromatic nitrogens is 2. The van der Waals surface area contributed by atoms with E-state index < -0.39 is 0 Å². The topological polar surface area (TPSA) is 28.7 Å². The number of rotatable bonds is 1. The highest BCUT2D eigenvalue weighted by molar-refractivity contribution is 9.10. The Morgan fingerprint density at radius 1 is 1.38 bits per heavy atom. The maximum Gasteiger partial charge on any atom is 0.107 e. The van der Waals surface area contributed by atoms with E-state index in [-0.39, 0.29) is 0 Å². The van der Waals surface area contributed by atoms with Crippen molar-refractivity contribution in [1.29, 1.82) is 0 Å². The van der Waals surface area contributed by atoms with E-state index in [0.717, 1.165) is 21.6 Å². The number of H-pyrrole nitrogens is 1. The minimum atomic E-state index is 0.872. The Bertz CT molecular complexity index is 387. The van der Waals surface area contributed by atoms with Crippen molar-refractivity contribution < 1.29 is 0 Å². The van der Waals surface area contributed by atoms with E-state index in [1.807, 2.05) is 31.3 Å². The fourth-order valence-electron chi connectivity index (χ4n) is 1.29. The van der Waals surface area contributed by atoms with E-state index in [1.165, 1.54) is 0 Å². The summed E-state index contributed by atoms with van der Waals surface area (Å²) in [4.78, 5) is 7.41. The molecule has 0 fully saturated rings. The molecule has 0 bridgehead atoms. The molecule has 0 radical (unpaired) electrons. The highest BCUT2D eigenvalue weighted by atomic mass is 79.9. The molecule has 0 saturated heterocycles. The van der Waals surface area contributed by atoms with Gasteiger partial charge in [-0.05, 0) is 47.1 Å². The van der Waals surface area contributed by atoms with E-state index >= 15 is 0 Å². The zero-order chi connectivity index (χ0) is 9.26. The third-order valence-electron chi connectivity index (χ3n) is 1.83. The smallest absolute Gasteiger partial charge is 0.107 e. The van der Waals surface area contributed by atoms with Gasteiger partial charge in [0.05, 0.1) is 0 Å². The molecule has 2 heterocycles. The highest BCUT2D eigenvalue weighted by Crippen LogP contribution is 2.20. The van der Waals surface area contributed by atoms with Gasteiger partial charge in [-0.2, -0.15) is 0 Å². The molecule has 2 nitrogen and oxygen atoms in total. The van der Waals surface area contributed by atoms with Crippen LogP contribution in [0.4, 0.5) is 0 Å². The van der Waals surface area contributed by atoms with Gasteiger partial charge in [-0.25, -0.2) is 4.98 Å². The highest BCUT2D eigenvalue weighted by Gasteiger charge is 2.00. The van der Waals surface area contributed by atoms with Gasteiger partial charge in [0.25, 0.3) is 0 Å². The first-order valence-electron chi connectivity index (χ1n) is 4.03. The predicted octanol–water partition coefficient (Wildman–Crippen LogP) is 3.15. The second-order valence-corrected chi connectivity index (χ2v) is 3.72. The molecular formula is C10H9BrN2. The summed E-state index contributed by atoms with van der Waals surface area (Å²) in [5.74, 6) is 0. The first-order valence-corrected chi connectivity index (χ1v) is 4.83.